The monoisotopic (exact) mass is 500 g/mol. The summed E-state index contributed by atoms with van der Waals surface area (Å²) in [6, 6.07) is 6.07. The molecule has 0 aliphatic rings. The lowest BCUT2D eigenvalue weighted by atomic mass is 10.1. The van der Waals surface area contributed by atoms with Gasteiger partial charge in [-0.3, -0.25) is 0 Å². The second-order valence-corrected chi connectivity index (χ2v) is 7.73. The first-order valence-electron chi connectivity index (χ1n) is 9.87. The van der Waals surface area contributed by atoms with Crippen LogP contribution in [0, 0.1) is 0 Å². The first-order chi connectivity index (χ1) is 14.4. The van der Waals surface area contributed by atoms with Crippen molar-refractivity contribution in [2.24, 2.45) is 0 Å². The molecule has 6 nitrogen and oxygen atoms in total. The molecule has 164 valence electrons. The third kappa shape index (κ3) is 6.44. The van der Waals surface area contributed by atoms with E-state index in [0.29, 0.717) is 52.9 Å². The number of carbonyl (C=O) groups is 1. The number of halogens is 2. The van der Waals surface area contributed by atoms with Crippen molar-refractivity contribution >= 4 is 33.5 Å². The van der Waals surface area contributed by atoms with Gasteiger partial charge in [0.05, 0.1) is 34.9 Å². The Kier molecular flexibility index (Phi) is 9.59. The van der Waals surface area contributed by atoms with Gasteiger partial charge in [-0.15, -0.1) is 0 Å². The Labute approximate surface area is 190 Å². The summed E-state index contributed by atoms with van der Waals surface area (Å²) in [5.74, 6) is 0.805. The minimum Gasteiger partial charge on any atom is -0.507 e. The number of phenolic OH excluding ortho intramolecular Hbond substituents is 1. The van der Waals surface area contributed by atoms with Gasteiger partial charge in [0.25, 0.3) is 0 Å². The zero-order valence-corrected chi connectivity index (χ0v) is 19.6. The van der Waals surface area contributed by atoms with E-state index in [1.54, 1.807) is 18.2 Å². The molecule has 0 fully saturated rings. The van der Waals surface area contributed by atoms with E-state index in [-0.39, 0.29) is 10.8 Å². The standard InChI is InChI=1S/C22H26BrClO6/c1-4-7-27-19-10-14(22(26)29-9-6-3)11-20(28-8-5-2)21(19)30-18-12-15(23)17(25)13-16(18)24/h10-13,25H,4-9H2,1-3H3. The maximum Gasteiger partial charge on any atom is 0.338 e. The number of ether oxygens (including phenoxy) is 4. The highest BCUT2D eigenvalue weighted by molar-refractivity contribution is 9.10. The quantitative estimate of drug-likeness (QED) is 0.343. The molecule has 2 aromatic rings. The summed E-state index contributed by atoms with van der Waals surface area (Å²) in [5, 5.41) is 10.0. The third-order valence-corrected chi connectivity index (χ3v) is 4.76. The van der Waals surface area contributed by atoms with Gasteiger partial charge in [-0.25, -0.2) is 4.79 Å². The Hall–Kier alpha value is -2.12. The van der Waals surface area contributed by atoms with Gasteiger partial charge in [-0.2, -0.15) is 0 Å². The molecule has 8 heteroatoms. The van der Waals surface area contributed by atoms with Crippen molar-refractivity contribution in [2.75, 3.05) is 19.8 Å². The number of esters is 1. The smallest absolute Gasteiger partial charge is 0.338 e. The van der Waals surface area contributed by atoms with Gasteiger partial charge in [0.15, 0.2) is 11.5 Å². The summed E-state index contributed by atoms with van der Waals surface area (Å²) in [6.07, 6.45) is 2.25. The molecule has 0 aliphatic heterocycles. The number of carbonyl (C=O) groups excluding carboxylic acids is 1. The van der Waals surface area contributed by atoms with Crippen molar-refractivity contribution in [1.82, 2.24) is 0 Å². The summed E-state index contributed by atoms with van der Waals surface area (Å²) in [5.41, 5.74) is 0.311. The SMILES string of the molecule is CCCOC(=O)c1cc(OCCC)c(Oc2cc(Br)c(O)cc2Cl)c(OCCC)c1. The number of aromatic hydroxyl groups is 1. The lowest BCUT2D eigenvalue weighted by molar-refractivity contribution is 0.0504. The number of rotatable bonds is 11. The minimum absolute atomic E-state index is 0.00807. The summed E-state index contributed by atoms with van der Waals surface area (Å²) in [4.78, 5) is 12.4. The van der Waals surface area contributed by atoms with E-state index in [1.807, 2.05) is 20.8 Å². The molecule has 0 aromatic heterocycles. The summed E-state index contributed by atoms with van der Waals surface area (Å²) in [6.45, 7) is 7.04. The highest BCUT2D eigenvalue weighted by Gasteiger charge is 2.21. The maximum absolute atomic E-state index is 12.4. The van der Waals surface area contributed by atoms with Gasteiger partial charge >= 0.3 is 5.97 Å². The van der Waals surface area contributed by atoms with Crippen molar-refractivity contribution in [1.29, 1.82) is 0 Å². The fourth-order valence-electron chi connectivity index (χ4n) is 2.42. The van der Waals surface area contributed by atoms with Crippen LogP contribution in [-0.4, -0.2) is 30.9 Å². The summed E-state index contributed by atoms with van der Waals surface area (Å²) >= 11 is 9.50. The summed E-state index contributed by atoms with van der Waals surface area (Å²) in [7, 11) is 0. The van der Waals surface area contributed by atoms with Crippen LogP contribution in [0.2, 0.25) is 5.02 Å². The average Bonchev–Trinajstić information content (AvgIpc) is 2.73. The Bertz CT molecular complexity index is 842. The van der Waals surface area contributed by atoms with E-state index < -0.39 is 5.97 Å². The van der Waals surface area contributed by atoms with Crippen LogP contribution in [0.15, 0.2) is 28.7 Å². The lowest BCUT2D eigenvalue weighted by Crippen LogP contribution is -2.09. The molecule has 0 aliphatic carbocycles. The first-order valence-corrected chi connectivity index (χ1v) is 11.0. The zero-order valence-electron chi connectivity index (χ0n) is 17.3. The molecule has 30 heavy (non-hydrogen) atoms. The highest BCUT2D eigenvalue weighted by Crippen LogP contribution is 2.45. The number of benzene rings is 2. The van der Waals surface area contributed by atoms with E-state index >= 15 is 0 Å². The average molecular weight is 502 g/mol. The number of hydrogen-bond donors (Lipinski definition) is 1. The van der Waals surface area contributed by atoms with Crippen LogP contribution in [0.3, 0.4) is 0 Å². The maximum atomic E-state index is 12.4. The Morgan fingerprint density at radius 3 is 2.03 bits per heavy atom. The van der Waals surface area contributed by atoms with Crippen LogP contribution in [0.1, 0.15) is 50.4 Å². The second kappa shape index (κ2) is 11.9. The Morgan fingerprint density at radius 1 is 0.933 bits per heavy atom. The van der Waals surface area contributed by atoms with Gasteiger partial charge in [-0.05, 0) is 47.3 Å². The van der Waals surface area contributed by atoms with Crippen LogP contribution in [-0.2, 0) is 4.74 Å². The lowest BCUT2D eigenvalue weighted by Gasteiger charge is -2.19. The van der Waals surface area contributed by atoms with E-state index in [2.05, 4.69) is 15.9 Å². The molecule has 2 aromatic carbocycles. The second-order valence-electron chi connectivity index (χ2n) is 6.47. The van der Waals surface area contributed by atoms with Crippen molar-refractivity contribution < 1.29 is 28.8 Å². The van der Waals surface area contributed by atoms with Crippen molar-refractivity contribution in [3.8, 4) is 28.7 Å². The van der Waals surface area contributed by atoms with Gasteiger partial charge in [0.2, 0.25) is 5.75 Å². The van der Waals surface area contributed by atoms with E-state index in [4.69, 9.17) is 30.5 Å². The summed E-state index contributed by atoms with van der Waals surface area (Å²) < 4.78 is 23.4. The molecule has 0 unspecified atom stereocenters. The van der Waals surface area contributed by atoms with Crippen LogP contribution < -0.4 is 14.2 Å². The van der Waals surface area contributed by atoms with Crippen molar-refractivity contribution in [2.45, 2.75) is 40.0 Å². The van der Waals surface area contributed by atoms with E-state index in [9.17, 15) is 9.90 Å². The van der Waals surface area contributed by atoms with E-state index in [0.717, 1.165) is 19.3 Å². The predicted molar refractivity (Wildman–Crippen MR) is 119 cm³/mol. The first kappa shape index (κ1) is 24.2. The fraction of sp³-hybridized carbons (Fsp3) is 0.409. The third-order valence-electron chi connectivity index (χ3n) is 3.83. The molecule has 2 rings (SSSR count). The minimum atomic E-state index is -0.462. The molecule has 0 heterocycles. The van der Waals surface area contributed by atoms with Gasteiger partial charge in [-0.1, -0.05) is 32.4 Å². The molecule has 0 saturated heterocycles. The topological polar surface area (TPSA) is 74.2 Å². The van der Waals surface area contributed by atoms with Crippen LogP contribution in [0.25, 0.3) is 0 Å². The number of hydrogen-bond acceptors (Lipinski definition) is 6. The molecule has 0 bridgehead atoms. The van der Waals surface area contributed by atoms with Gasteiger partial charge < -0.3 is 24.1 Å². The van der Waals surface area contributed by atoms with Gasteiger partial charge in [0.1, 0.15) is 11.5 Å². The molecule has 1 N–H and O–H groups in total. The van der Waals surface area contributed by atoms with Crippen molar-refractivity contribution in [3.05, 3.63) is 39.3 Å². The van der Waals surface area contributed by atoms with Gasteiger partial charge in [0, 0.05) is 12.1 Å². The number of phenols is 1. The van der Waals surface area contributed by atoms with Crippen LogP contribution in [0.5, 0.6) is 28.7 Å². The predicted octanol–water partition coefficient (Wildman–Crippen LogP) is 6.74. The van der Waals surface area contributed by atoms with Crippen LogP contribution in [0.4, 0.5) is 0 Å². The zero-order chi connectivity index (χ0) is 22.1. The molecule has 0 saturated carbocycles. The molecular weight excluding hydrogens is 476 g/mol. The normalized spacial score (nSPS) is 10.6. The van der Waals surface area contributed by atoms with Crippen molar-refractivity contribution in [3.63, 3.8) is 0 Å². The molecule has 0 spiro atoms. The molecule has 0 radical (unpaired) electrons. The molecule has 0 atom stereocenters. The van der Waals surface area contributed by atoms with Crippen LogP contribution >= 0.6 is 27.5 Å². The Morgan fingerprint density at radius 2 is 1.50 bits per heavy atom. The Balaban J connectivity index is 2.53. The van der Waals surface area contributed by atoms with E-state index in [1.165, 1.54) is 6.07 Å². The fourth-order valence-corrected chi connectivity index (χ4v) is 2.94. The molecular formula is C22H26BrClO6. The highest BCUT2D eigenvalue weighted by atomic mass is 79.9. The molecule has 0 amide bonds. The largest absolute Gasteiger partial charge is 0.507 e.